The third kappa shape index (κ3) is 3.28. The van der Waals surface area contributed by atoms with Crippen LogP contribution in [0, 0.1) is 22.0 Å². The summed E-state index contributed by atoms with van der Waals surface area (Å²) >= 11 is 0. The Morgan fingerprint density at radius 3 is 2.88 bits per heavy atom. The Morgan fingerprint density at radius 2 is 2.25 bits per heavy atom. The van der Waals surface area contributed by atoms with Crippen molar-refractivity contribution in [1.82, 2.24) is 0 Å². The van der Waals surface area contributed by atoms with Crippen LogP contribution < -0.4 is 0 Å². The van der Waals surface area contributed by atoms with Gasteiger partial charge < -0.3 is 5.11 Å². The van der Waals surface area contributed by atoms with E-state index in [0.29, 0.717) is 5.56 Å². The minimum absolute atomic E-state index is 0.0189. The Bertz CT molecular complexity index is 443. The summed E-state index contributed by atoms with van der Waals surface area (Å²) in [7, 11) is 0. The minimum Gasteiger partial charge on any atom is -0.507 e. The SMILES string of the molecule is CCCCC#Cc1cc([N+](=O)[O-])ccc1O. The number of nitrogens with zero attached hydrogens (tertiary/aromatic N) is 1. The first-order valence-corrected chi connectivity index (χ1v) is 5.11. The molecule has 1 aromatic carbocycles. The summed E-state index contributed by atoms with van der Waals surface area (Å²) in [6.07, 6.45) is 2.77. The van der Waals surface area contributed by atoms with Gasteiger partial charge in [-0.05, 0) is 12.5 Å². The standard InChI is InChI=1S/C12H13NO3/c1-2-3-4-5-6-10-9-11(13(15)16)7-8-12(10)14/h7-9,14H,2-4H2,1H3. The van der Waals surface area contributed by atoms with E-state index in [1.165, 1.54) is 18.2 Å². The van der Waals surface area contributed by atoms with E-state index in [0.717, 1.165) is 19.3 Å². The van der Waals surface area contributed by atoms with Gasteiger partial charge in [0.15, 0.2) is 0 Å². The van der Waals surface area contributed by atoms with Crippen LogP contribution in [-0.4, -0.2) is 10.0 Å². The molecule has 0 aliphatic carbocycles. The van der Waals surface area contributed by atoms with Gasteiger partial charge >= 0.3 is 0 Å². The highest BCUT2D eigenvalue weighted by molar-refractivity contribution is 5.51. The molecule has 0 saturated carbocycles. The molecule has 4 heteroatoms. The number of phenols is 1. The molecule has 0 aliphatic heterocycles. The molecule has 4 nitrogen and oxygen atoms in total. The largest absolute Gasteiger partial charge is 0.507 e. The van der Waals surface area contributed by atoms with Gasteiger partial charge in [0.1, 0.15) is 5.75 Å². The fourth-order valence-electron chi connectivity index (χ4n) is 1.16. The van der Waals surface area contributed by atoms with Crippen LogP contribution in [0.4, 0.5) is 5.69 Å². The zero-order valence-corrected chi connectivity index (χ0v) is 9.06. The fourth-order valence-corrected chi connectivity index (χ4v) is 1.16. The number of aromatic hydroxyl groups is 1. The van der Waals surface area contributed by atoms with E-state index in [2.05, 4.69) is 18.8 Å². The van der Waals surface area contributed by atoms with Crippen molar-refractivity contribution in [3.8, 4) is 17.6 Å². The summed E-state index contributed by atoms with van der Waals surface area (Å²) in [6.45, 7) is 2.06. The van der Waals surface area contributed by atoms with Crippen molar-refractivity contribution in [1.29, 1.82) is 0 Å². The van der Waals surface area contributed by atoms with E-state index in [9.17, 15) is 15.2 Å². The van der Waals surface area contributed by atoms with Crippen LogP contribution in [0.25, 0.3) is 0 Å². The molecule has 16 heavy (non-hydrogen) atoms. The summed E-state index contributed by atoms with van der Waals surface area (Å²) in [5.74, 6) is 5.60. The van der Waals surface area contributed by atoms with E-state index in [4.69, 9.17) is 0 Å². The summed E-state index contributed by atoms with van der Waals surface area (Å²) in [5, 5.41) is 20.0. The van der Waals surface area contributed by atoms with Crippen LogP contribution in [0.2, 0.25) is 0 Å². The van der Waals surface area contributed by atoms with Gasteiger partial charge in [0, 0.05) is 18.6 Å². The molecule has 0 unspecified atom stereocenters. The second kappa shape index (κ2) is 5.76. The van der Waals surface area contributed by atoms with E-state index in [1.807, 2.05) is 0 Å². The quantitative estimate of drug-likeness (QED) is 0.368. The second-order valence-electron chi connectivity index (χ2n) is 3.36. The van der Waals surface area contributed by atoms with E-state index in [-0.39, 0.29) is 11.4 Å². The number of unbranched alkanes of at least 4 members (excludes halogenated alkanes) is 2. The Hall–Kier alpha value is -2.02. The fraction of sp³-hybridized carbons (Fsp3) is 0.333. The lowest BCUT2D eigenvalue weighted by molar-refractivity contribution is -0.384. The molecule has 0 saturated heterocycles. The van der Waals surface area contributed by atoms with Crippen LogP contribution >= 0.6 is 0 Å². The molecule has 0 atom stereocenters. The molecular formula is C12H13NO3. The summed E-state index contributed by atoms with van der Waals surface area (Å²) in [4.78, 5) is 10.0. The smallest absolute Gasteiger partial charge is 0.270 e. The molecule has 0 bridgehead atoms. The van der Waals surface area contributed by atoms with E-state index in [1.54, 1.807) is 0 Å². The molecular weight excluding hydrogens is 206 g/mol. The molecule has 0 heterocycles. The van der Waals surface area contributed by atoms with Crippen molar-refractivity contribution in [3.63, 3.8) is 0 Å². The number of phenolic OH excluding ortho intramolecular Hbond substituents is 1. The van der Waals surface area contributed by atoms with Crippen LogP contribution in [0.3, 0.4) is 0 Å². The zero-order valence-electron chi connectivity index (χ0n) is 9.06. The lowest BCUT2D eigenvalue weighted by Gasteiger charge is -1.96. The highest BCUT2D eigenvalue weighted by Gasteiger charge is 2.08. The van der Waals surface area contributed by atoms with E-state index >= 15 is 0 Å². The van der Waals surface area contributed by atoms with Gasteiger partial charge in [-0.1, -0.05) is 25.2 Å². The average molecular weight is 219 g/mol. The number of nitro benzene ring substituents is 1. The predicted octanol–water partition coefficient (Wildman–Crippen LogP) is 2.84. The lowest BCUT2D eigenvalue weighted by atomic mass is 10.1. The maximum Gasteiger partial charge on any atom is 0.270 e. The molecule has 0 aromatic heterocycles. The molecule has 84 valence electrons. The topological polar surface area (TPSA) is 63.4 Å². The molecule has 0 radical (unpaired) electrons. The van der Waals surface area contributed by atoms with Gasteiger partial charge in [-0.25, -0.2) is 0 Å². The van der Waals surface area contributed by atoms with Gasteiger partial charge in [-0.3, -0.25) is 10.1 Å². The molecule has 1 aromatic rings. The summed E-state index contributed by atoms with van der Waals surface area (Å²) < 4.78 is 0. The molecule has 0 aliphatic rings. The van der Waals surface area contributed by atoms with Gasteiger partial charge in [0.05, 0.1) is 10.5 Å². The normalized spacial score (nSPS) is 9.31. The zero-order chi connectivity index (χ0) is 12.0. The van der Waals surface area contributed by atoms with Crippen molar-refractivity contribution in [2.24, 2.45) is 0 Å². The molecule has 1 N–H and O–H groups in total. The van der Waals surface area contributed by atoms with Crippen molar-refractivity contribution < 1.29 is 10.0 Å². The highest BCUT2D eigenvalue weighted by Crippen LogP contribution is 2.21. The van der Waals surface area contributed by atoms with Gasteiger partial charge in [-0.15, -0.1) is 0 Å². The van der Waals surface area contributed by atoms with Crippen LogP contribution in [0.1, 0.15) is 31.7 Å². The Labute approximate surface area is 94.1 Å². The number of hydrogen-bond acceptors (Lipinski definition) is 3. The third-order valence-corrected chi connectivity index (χ3v) is 2.07. The average Bonchev–Trinajstić information content (AvgIpc) is 2.26. The molecule has 0 amide bonds. The highest BCUT2D eigenvalue weighted by atomic mass is 16.6. The van der Waals surface area contributed by atoms with Crippen LogP contribution in [0.15, 0.2) is 18.2 Å². The maximum atomic E-state index is 10.5. The van der Waals surface area contributed by atoms with E-state index < -0.39 is 4.92 Å². The van der Waals surface area contributed by atoms with Gasteiger partial charge in [-0.2, -0.15) is 0 Å². The van der Waals surface area contributed by atoms with Crippen molar-refractivity contribution in [2.75, 3.05) is 0 Å². The number of hydrogen-bond donors (Lipinski definition) is 1. The maximum absolute atomic E-state index is 10.5. The van der Waals surface area contributed by atoms with Crippen LogP contribution in [0.5, 0.6) is 5.75 Å². The first kappa shape index (κ1) is 12.1. The second-order valence-corrected chi connectivity index (χ2v) is 3.36. The number of rotatable bonds is 3. The van der Waals surface area contributed by atoms with Crippen molar-refractivity contribution in [3.05, 3.63) is 33.9 Å². The monoisotopic (exact) mass is 219 g/mol. The molecule has 1 rings (SSSR count). The Balaban J connectivity index is 2.88. The molecule has 0 spiro atoms. The summed E-state index contributed by atoms with van der Waals surface area (Å²) in [5.41, 5.74) is 0.253. The minimum atomic E-state index is -0.503. The number of nitro groups is 1. The first-order valence-electron chi connectivity index (χ1n) is 5.11. The number of non-ortho nitro benzene ring substituents is 1. The predicted molar refractivity (Wildman–Crippen MR) is 61.2 cm³/mol. The first-order chi connectivity index (χ1) is 7.65. The molecule has 0 fully saturated rings. The number of benzene rings is 1. The van der Waals surface area contributed by atoms with Gasteiger partial charge in [0.2, 0.25) is 0 Å². The summed E-state index contributed by atoms with van der Waals surface area (Å²) in [6, 6.07) is 3.84. The Morgan fingerprint density at radius 1 is 1.50 bits per heavy atom. The Kier molecular flexibility index (Phi) is 4.34. The van der Waals surface area contributed by atoms with Crippen molar-refractivity contribution >= 4 is 5.69 Å². The third-order valence-electron chi connectivity index (χ3n) is 2.07. The van der Waals surface area contributed by atoms with Crippen LogP contribution in [-0.2, 0) is 0 Å². The lowest BCUT2D eigenvalue weighted by Crippen LogP contribution is -1.88. The van der Waals surface area contributed by atoms with Crippen molar-refractivity contribution in [2.45, 2.75) is 26.2 Å². The van der Waals surface area contributed by atoms with Gasteiger partial charge in [0.25, 0.3) is 5.69 Å².